The van der Waals surface area contributed by atoms with Crippen molar-refractivity contribution in [3.63, 3.8) is 0 Å². The van der Waals surface area contributed by atoms with Crippen LogP contribution in [-0.4, -0.2) is 38.2 Å². The SMILES string of the molecule is COc1ccc(-c2csc(NC(=O)CN3CCCc4ccccc43)n2)c(OC)c1. The van der Waals surface area contributed by atoms with Crippen molar-refractivity contribution in [3.8, 4) is 22.8 Å². The number of rotatable bonds is 6. The predicted molar refractivity (Wildman–Crippen MR) is 116 cm³/mol. The van der Waals surface area contributed by atoms with E-state index in [0.717, 1.165) is 42.1 Å². The highest BCUT2D eigenvalue weighted by atomic mass is 32.1. The number of anilines is 2. The van der Waals surface area contributed by atoms with Crippen molar-refractivity contribution in [2.45, 2.75) is 12.8 Å². The first-order valence-corrected chi connectivity index (χ1v) is 10.4. The maximum absolute atomic E-state index is 12.6. The number of carbonyl (C=O) groups excluding carboxylic acids is 1. The number of amides is 1. The molecule has 3 aromatic rings. The van der Waals surface area contributed by atoms with Crippen molar-refractivity contribution >= 4 is 28.1 Å². The van der Waals surface area contributed by atoms with Gasteiger partial charge in [0.2, 0.25) is 5.91 Å². The molecule has 1 aliphatic rings. The molecule has 0 spiro atoms. The predicted octanol–water partition coefficient (Wildman–Crippen LogP) is 4.22. The van der Waals surface area contributed by atoms with Crippen LogP contribution in [0, 0.1) is 0 Å². The highest BCUT2D eigenvalue weighted by Gasteiger charge is 2.19. The molecule has 0 atom stereocenters. The Balaban J connectivity index is 1.45. The molecule has 0 saturated carbocycles. The van der Waals surface area contributed by atoms with Crippen LogP contribution in [0.4, 0.5) is 10.8 Å². The third-order valence-corrected chi connectivity index (χ3v) is 5.73. The third-order valence-electron chi connectivity index (χ3n) is 4.98. The second-order valence-corrected chi connectivity index (χ2v) is 7.66. The standard InChI is InChI=1S/C22H23N3O3S/c1-27-16-9-10-17(20(12-16)28-2)18-14-29-22(23-18)24-21(26)13-25-11-5-7-15-6-3-4-8-19(15)25/h3-4,6,8-10,12,14H,5,7,11,13H2,1-2H3,(H,23,24,26). The zero-order valence-electron chi connectivity index (χ0n) is 16.5. The van der Waals surface area contributed by atoms with E-state index >= 15 is 0 Å². The monoisotopic (exact) mass is 409 g/mol. The van der Waals surface area contributed by atoms with Gasteiger partial charge in [0.05, 0.1) is 26.5 Å². The largest absolute Gasteiger partial charge is 0.497 e. The van der Waals surface area contributed by atoms with Gasteiger partial charge in [-0.15, -0.1) is 11.3 Å². The third kappa shape index (κ3) is 4.19. The topological polar surface area (TPSA) is 63.7 Å². The van der Waals surface area contributed by atoms with Gasteiger partial charge in [-0.2, -0.15) is 0 Å². The van der Waals surface area contributed by atoms with Crippen molar-refractivity contribution in [2.24, 2.45) is 0 Å². The molecule has 150 valence electrons. The molecule has 1 N–H and O–H groups in total. The van der Waals surface area contributed by atoms with Crippen LogP contribution in [0.1, 0.15) is 12.0 Å². The molecule has 0 fully saturated rings. The van der Waals surface area contributed by atoms with Gasteiger partial charge in [-0.25, -0.2) is 4.98 Å². The Morgan fingerprint density at radius 1 is 1.21 bits per heavy atom. The number of ether oxygens (including phenoxy) is 2. The maximum atomic E-state index is 12.6. The Bertz CT molecular complexity index is 1020. The van der Waals surface area contributed by atoms with Gasteiger partial charge in [-0.1, -0.05) is 18.2 Å². The van der Waals surface area contributed by atoms with Crippen LogP contribution >= 0.6 is 11.3 Å². The Labute approximate surface area is 174 Å². The summed E-state index contributed by atoms with van der Waals surface area (Å²) in [5.74, 6) is 1.33. The van der Waals surface area contributed by atoms with Crippen LogP contribution in [0.2, 0.25) is 0 Å². The highest BCUT2D eigenvalue weighted by molar-refractivity contribution is 7.14. The summed E-state index contributed by atoms with van der Waals surface area (Å²) in [6.07, 6.45) is 2.12. The fourth-order valence-corrected chi connectivity index (χ4v) is 4.30. The molecule has 29 heavy (non-hydrogen) atoms. The van der Waals surface area contributed by atoms with E-state index in [-0.39, 0.29) is 5.91 Å². The summed E-state index contributed by atoms with van der Waals surface area (Å²) in [5, 5.41) is 5.42. The number of hydrogen-bond acceptors (Lipinski definition) is 6. The minimum absolute atomic E-state index is 0.0655. The van der Waals surface area contributed by atoms with Crippen molar-refractivity contribution in [2.75, 3.05) is 37.5 Å². The highest BCUT2D eigenvalue weighted by Crippen LogP contribution is 2.35. The zero-order chi connectivity index (χ0) is 20.2. The molecule has 1 aliphatic heterocycles. The molecule has 0 radical (unpaired) electrons. The van der Waals surface area contributed by atoms with Crippen molar-refractivity contribution in [1.82, 2.24) is 4.98 Å². The first kappa shape index (κ1) is 19.3. The lowest BCUT2D eigenvalue weighted by Gasteiger charge is -2.30. The summed E-state index contributed by atoms with van der Waals surface area (Å²) in [4.78, 5) is 19.3. The smallest absolute Gasteiger partial charge is 0.245 e. The summed E-state index contributed by atoms with van der Waals surface area (Å²) < 4.78 is 10.7. The fraction of sp³-hybridized carbons (Fsp3) is 0.273. The molecule has 0 aliphatic carbocycles. The van der Waals surface area contributed by atoms with Gasteiger partial charge in [0, 0.05) is 29.2 Å². The summed E-state index contributed by atoms with van der Waals surface area (Å²) in [7, 11) is 3.23. The van der Waals surface area contributed by atoms with Crippen molar-refractivity contribution in [1.29, 1.82) is 0 Å². The van der Waals surface area contributed by atoms with Crippen LogP contribution in [-0.2, 0) is 11.2 Å². The van der Waals surface area contributed by atoms with Gasteiger partial charge < -0.3 is 19.7 Å². The average Bonchev–Trinajstić information content (AvgIpc) is 3.21. The summed E-state index contributed by atoms with van der Waals surface area (Å²) in [6, 6.07) is 13.9. The molecule has 4 rings (SSSR count). The number of aryl methyl sites for hydroxylation is 1. The number of hydrogen-bond donors (Lipinski definition) is 1. The number of nitrogens with zero attached hydrogens (tertiary/aromatic N) is 2. The van der Waals surface area contributed by atoms with Crippen molar-refractivity contribution < 1.29 is 14.3 Å². The Hall–Kier alpha value is -3.06. The number of para-hydroxylation sites is 1. The van der Waals surface area contributed by atoms with E-state index in [0.29, 0.717) is 17.4 Å². The van der Waals surface area contributed by atoms with E-state index in [9.17, 15) is 4.79 Å². The minimum Gasteiger partial charge on any atom is -0.497 e. The molecular formula is C22H23N3O3S. The number of benzene rings is 2. The van der Waals surface area contributed by atoms with Gasteiger partial charge in [0.1, 0.15) is 11.5 Å². The molecular weight excluding hydrogens is 386 g/mol. The lowest BCUT2D eigenvalue weighted by Crippen LogP contribution is -2.36. The minimum atomic E-state index is -0.0655. The molecule has 2 aromatic carbocycles. The normalized spacial score (nSPS) is 13.0. The van der Waals surface area contributed by atoms with Crippen LogP contribution in [0.25, 0.3) is 11.3 Å². The maximum Gasteiger partial charge on any atom is 0.245 e. The van der Waals surface area contributed by atoms with E-state index in [1.807, 2.05) is 35.7 Å². The molecule has 1 amide bonds. The van der Waals surface area contributed by atoms with Gasteiger partial charge in [0.25, 0.3) is 0 Å². The second-order valence-electron chi connectivity index (χ2n) is 6.81. The molecule has 7 heteroatoms. The van der Waals surface area contributed by atoms with Crippen LogP contribution in [0.3, 0.4) is 0 Å². The summed E-state index contributed by atoms with van der Waals surface area (Å²) in [5.41, 5.74) is 4.06. The van der Waals surface area contributed by atoms with E-state index in [2.05, 4.69) is 27.3 Å². The Kier molecular flexibility index (Phi) is 5.67. The van der Waals surface area contributed by atoms with Crippen molar-refractivity contribution in [3.05, 3.63) is 53.4 Å². The van der Waals surface area contributed by atoms with E-state index in [1.165, 1.54) is 16.9 Å². The number of nitrogens with one attached hydrogen (secondary N) is 1. The number of carbonyl (C=O) groups is 1. The molecule has 1 aromatic heterocycles. The molecule has 0 saturated heterocycles. The Morgan fingerprint density at radius 3 is 2.90 bits per heavy atom. The molecule has 6 nitrogen and oxygen atoms in total. The fourth-order valence-electron chi connectivity index (χ4n) is 3.57. The lowest BCUT2D eigenvalue weighted by atomic mass is 10.0. The van der Waals surface area contributed by atoms with Crippen LogP contribution in [0.5, 0.6) is 11.5 Å². The number of fused-ring (bicyclic) bond motifs is 1. The number of aromatic nitrogens is 1. The average molecular weight is 410 g/mol. The van der Waals surface area contributed by atoms with Gasteiger partial charge in [-0.3, -0.25) is 4.79 Å². The van der Waals surface area contributed by atoms with E-state index in [1.54, 1.807) is 14.2 Å². The van der Waals surface area contributed by atoms with E-state index in [4.69, 9.17) is 9.47 Å². The van der Waals surface area contributed by atoms with Gasteiger partial charge in [0.15, 0.2) is 5.13 Å². The Morgan fingerprint density at radius 2 is 2.07 bits per heavy atom. The lowest BCUT2D eigenvalue weighted by molar-refractivity contribution is -0.115. The molecule has 2 heterocycles. The molecule has 0 unspecified atom stereocenters. The van der Waals surface area contributed by atoms with Gasteiger partial charge in [-0.05, 0) is 36.6 Å². The first-order chi connectivity index (χ1) is 14.2. The number of thiazole rings is 1. The van der Waals surface area contributed by atoms with Crippen LogP contribution < -0.4 is 19.7 Å². The zero-order valence-corrected chi connectivity index (χ0v) is 17.3. The summed E-state index contributed by atoms with van der Waals surface area (Å²) >= 11 is 1.40. The summed E-state index contributed by atoms with van der Waals surface area (Å²) in [6.45, 7) is 1.20. The quantitative estimate of drug-likeness (QED) is 0.660. The van der Waals surface area contributed by atoms with Gasteiger partial charge >= 0.3 is 0 Å². The van der Waals surface area contributed by atoms with E-state index < -0.39 is 0 Å². The first-order valence-electron chi connectivity index (χ1n) is 9.48. The second kappa shape index (κ2) is 8.53. The van der Waals surface area contributed by atoms with Crippen LogP contribution in [0.15, 0.2) is 47.8 Å². The molecule has 0 bridgehead atoms. The number of methoxy groups -OCH3 is 2.